The van der Waals surface area contributed by atoms with Crippen LogP contribution in [-0.4, -0.2) is 22.9 Å². The second-order valence-electron chi connectivity index (χ2n) is 6.32. The third-order valence-corrected chi connectivity index (χ3v) is 3.86. The molecule has 0 saturated carbocycles. The van der Waals surface area contributed by atoms with Crippen LogP contribution >= 0.6 is 0 Å². The van der Waals surface area contributed by atoms with Gasteiger partial charge in [0.2, 0.25) is 0 Å². The molecule has 4 nitrogen and oxygen atoms in total. The first kappa shape index (κ1) is 26.9. The molecule has 0 aliphatic rings. The van der Waals surface area contributed by atoms with E-state index in [1.807, 2.05) is 0 Å². The fourth-order valence-electron chi connectivity index (χ4n) is 2.39. The summed E-state index contributed by atoms with van der Waals surface area (Å²) in [7, 11) is 0.689. The number of aromatic nitrogens is 2. The Balaban J connectivity index is 2.68. The molecular weight excluding hydrogens is 504 g/mol. The molecule has 2 aromatic heterocycles. The lowest BCUT2D eigenvalue weighted by molar-refractivity contribution is -0.151. The Kier molecular flexibility index (Phi) is 6.96. The molecule has 34 heavy (non-hydrogen) atoms. The molecule has 2 heterocycles. The number of pyridine rings is 2. The molecule has 0 spiro atoms. The van der Waals surface area contributed by atoms with Gasteiger partial charge in [-0.25, -0.2) is 9.97 Å². The van der Waals surface area contributed by atoms with Crippen molar-refractivity contribution in [3.63, 3.8) is 0 Å². The van der Waals surface area contributed by atoms with Gasteiger partial charge in [-0.3, -0.25) is 4.79 Å². The molecule has 2 aromatic rings. The standard InChI is InChI=1S/C18H8F12N2O2/c1-34-10(8-4-13(17(25,26)27)32-14(5-8)18(28,29)30)6-9(33)7-2-11(15(19,20)21)31-12(3-7)16(22,23)24/h2-6H,1H3/b10-6-. The number of allylic oxidation sites excluding steroid dienone is 1. The normalized spacial score (nSPS) is 13.7. The maximum absolute atomic E-state index is 13.0. The molecule has 0 amide bonds. The average molecular weight is 512 g/mol. The SMILES string of the molecule is CO/C(=C\C(=O)c1cc(C(F)(F)F)nc(C(F)(F)F)c1)c1cc(C(F)(F)F)nc(C(F)(F)F)c1. The number of nitrogens with zero attached hydrogens (tertiary/aromatic N) is 2. The highest BCUT2D eigenvalue weighted by Crippen LogP contribution is 2.36. The molecule has 0 radical (unpaired) electrons. The summed E-state index contributed by atoms with van der Waals surface area (Å²) < 4.78 is 160. The number of ether oxygens (including phenoxy) is 1. The van der Waals surface area contributed by atoms with E-state index in [0.29, 0.717) is 7.11 Å². The van der Waals surface area contributed by atoms with Gasteiger partial charge in [0.25, 0.3) is 0 Å². The van der Waals surface area contributed by atoms with E-state index in [-0.39, 0.29) is 30.3 Å². The van der Waals surface area contributed by atoms with E-state index in [2.05, 4.69) is 14.7 Å². The van der Waals surface area contributed by atoms with Gasteiger partial charge in [-0.05, 0) is 24.3 Å². The molecule has 0 fully saturated rings. The molecule has 2 rings (SSSR count). The summed E-state index contributed by atoms with van der Waals surface area (Å²) in [5, 5.41) is 0. The monoisotopic (exact) mass is 512 g/mol. The predicted molar refractivity (Wildman–Crippen MR) is 87.8 cm³/mol. The summed E-state index contributed by atoms with van der Waals surface area (Å²) >= 11 is 0. The van der Waals surface area contributed by atoms with Crippen LogP contribution in [0.3, 0.4) is 0 Å². The highest BCUT2D eigenvalue weighted by molar-refractivity contribution is 6.08. The van der Waals surface area contributed by atoms with Gasteiger partial charge in [0, 0.05) is 17.2 Å². The van der Waals surface area contributed by atoms with Crippen molar-refractivity contribution >= 4 is 11.5 Å². The fourth-order valence-corrected chi connectivity index (χ4v) is 2.39. The summed E-state index contributed by atoms with van der Waals surface area (Å²) in [4.78, 5) is 17.1. The highest BCUT2D eigenvalue weighted by Gasteiger charge is 2.40. The number of halogens is 12. The van der Waals surface area contributed by atoms with Crippen LogP contribution in [0.25, 0.3) is 5.76 Å². The van der Waals surface area contributed by atoms with Crippen molar-refractivity contribution < 1.29 is 62.2 Å². The lowest BCUT2D eigenvalue weighted by Gasteiger charge is -2.15. The Hall–Kier alpha value is -3.33. The molecule has 0 bridgehead atoms. The van der Waals surface area contributed by atoms with E-state index >= 15 is 0 Å². The first-order chi connectivity index (χ1) is 15.2. The molecule has 0 aliphatic carbocycles. The smallest absolute Gasteiger partial charge is 0.433 e. The van der Waals surface area contributed by atoms with Crippen LogP contribution in [0.2, 0.25) is 0 Å². The van der Waals surface area contributed by atoms with Gasteiger partial charge in [-0.1, -0.05) is 0 Å². The van der Waals surface area contributed by atoms with Crippen molar-refractivity contribution in [3.05, 3.63) is 64.2 Å². The van der Waals surface area contributed by atoms with Crippen LogP contribution in [0.15, 0.2) is 30.3 Å². The minimum Gasteiger partial charge on any atom is -0.496 e. The Morgan fingerprint density at radius 3 is 1.21 bits per heavy atom. The number of methoxy groups -OCH3 is 1. The molecule has 0 aromatic carbocycles. The highest BCUT2D eigenvalue weighted by atomic mass is 19.4. The minimum atomic E-state index is -5.42. The van der Waals surface area contributed by atoms with E-state index < -0.39 is 70.2 Å². The Morgan fingerprint density at radius 1 is 0.647 bits per heavy atom. The molecular formula is C18H8F12N2O2. The van der Waals surface area contributed by atoms with Gasteiger partial charge in [-0.2, -0.15) is 52.7 Å². The molecule has 186 valence electrons. The van der Waals surface area contributed by atoms with Gasteiger partial charge in [0.1, 0.15) is 28.5 Å². The zero-order valence-electron chi connectivity index (χ0n) is 16.1. The maximum atomic E-state index is 13.0. The Morgan fingerprint density at radius 2 is 0.941 bits per heavy atom. The van der Waals surface area contributed by atoms with Crippen molar-refractivity contribution in [3.8, 4) is 0 Å². The van der Waals surface area contributed by atoms with Crippen LogP contribution in [0.1, 0.15) is 38.7 Å². The average Bonchev–Trinajstić information content (AvgIpc) is 2.68. The first-order valence-corrected chi connectivity index (χ1v) is 8.37. The van der Waals surface area contributed by atoms with E-state index in [1.54, 1.807) is 0 Å². The molecule has 0 N–H and O–H groups in total. The van der Waals surface area contributed by atoms with Gasteiger partial charge in [0.05, 0.1) is 7.11 Å². The summed E-state index contributed by atoms with van der Waals surface area (Å²) in [5.74, 6) is -2.68. The third-order valence-electron chi connectivity index (χ3n) is 3.86. The fraction of sp³-hybridized carbons (Fsp3) is 0.278. The molecule has 0 atom stereocenters. The molecule has 0 saturated heterocycles. The van der Waals surface area contributed by atoms with Gasteiger partial charge >= 0.3 is 24.7 Å². The van der Waals surface area contributed by atoms with Crippen molar-refractivity contribution in [1.29, 1.82) is 0 Å². The van der Waals surface area contributed by atoms with E-state index in [0.717, 1.165) is 0 Å². The van der Waals surface area contributed by atoms with Gasteiger partial charge in [0.15, 0.2) is 5.78 Å². The minimum absolute atomic E-state index is 0.0483. The van der Waals surface area contributed by atoms with Crippen molar-refractivity contribution in [1.82, 2.24) is 9.97 Å². The van der Waals surface area contributed by atoms with Crippen molar-refractivity contribution in [2.24, 2.45) is 0 Å². The lowest BCUT2D eigenvalue weighted by Crippen LogP contribution is -2.17. The zero-order chi connectivity index (χ0) is 26.3. The van der Waals surface area contributed by atoms with E-state index in [1.165, 1.54) is 0 Å². The number of hydrogen-bond acceptors (Lipinski definition) is 4. The number of alkyl halides is 12. The summed E-state index contributed by atoms with van der Waals surface area (Å²) in [5.41, 5.74) is -10.6. The topological polar surface area (TPSA) is 52.1 Å². The van der Waals surface area contributed by atoms with Crippen LogP contribution in [0.5, 0.6) is 0 Å². The van der Waals surface area contributed by atoms with Gasteiger partial charge in [-0.15, -0.1) is 0 Å². The second kappa shape index (κ2) is 8.79. The quantitative estimate of drug-likeness (QED) is 0.205. The number of hydrogen-bond donors (Lipinski definition) is 0. The van der Waals surface area contributed by atoms with E-state index in [9.17, 15) is 57.5 Å². The van der Waals surface area contributed by atoms with Crippen LogP contribution in [0.4, 0.5) is 52.7 Å². The van der Waals surface area contributed by atoms with Crippen molar-refractivity contribution in [2.45, 2.75) is 24.7 Å². The predicted octanol–water partition coefficient (Wildman–Crippen LogP) is 6.42. The summed E-state index contributed by atoms with van der Waals surface area (Å²) in [6, 6.07) is -0.0498. The van der Waals surface area contributed by atoms with Crippen molar-refractivity contribution in [2.75, 3.05) is 7.11 Å². The van der Waals surface area contributed by atoms with E-state index in [4.69, 9.17) is 0 Å². The summed E-state index contributed by atoms with van der Waals surface area (Å²) in [6.07, 6.45) is -21.5. The lowest BCUT2D eigenvalue weighted by atomic mass is 10.1. The molecule has 16 heteroatoms. The number of ketones is 1. The van der Waals surface area contributed by atoms with Crippen LogP contribution in [-0.2, 0) is 29.4 Å². The number of rotatable bonds is 4. The molecule has 0 aliphatic heterocycles. The van der Waals surface area contributed by atoms with Gasteiger partial charge < -0.3 is 4.74 Å². The maximum Gasteiger partial charge on any atom is 0.433 e. The van der Waals surface area contributed by atoms with Crippen LogP contribution in [0, 0.1) is 0 Å². The Labute approximate surface area is 180 Å². The zero-order valence-corrected chi connectivity index (χ0v) is 16.1. The first-order valence-electron chi connectivity index (χ1n) is 8.37. The largest absolute Gasteiger partial charge is 0.496 e. The Bertz CT molecular complexity index is 1050. The molecule has 0 unspecified atom stereocenters. The summed E-state index contributed by atoms with van der Waals surface area (Å²) in [6.45, 7) is 0. The number of carbonyl (C=O) groups excluding carboxylic acids is 1. The van der Waals surface area contributed by atoms with Crippen LogP contribution < -0.4 is 0 Å². The number of carbonyl (C=O) groups is 1. The third kappa shape index (κ3) is 6.38. The second-order valence-corrected chi connectivity index (χ2v) is 6.32.